The van der Waals surface area contributed by atoms with E-state index in [0.29, 0.717) is 5.92 Å². The van der Waals surface area contributed by atoms with E-state index in [0.717, 1.165) is 6.54 Å². The highest BCUT2D eigenvalue weighted by Crippen LogP contribution is 2.02. The van der Waals surface area contributed by atoms with E-state index >= 15 is 0 Å². The minimum absolute atomic E-state index is 0.657. The number of aryl methyl sites for hydroxylation is 2. The van der Waals surface area contributed by atoms with Crippen LogP contribution in [0.15, 0.2) is 41.4 Å². The van der Waals surface area contributed by atoms with E-state index in [2.05, 4.69) is 56.1 Å². The van der Waals surface area contributed by atoms with E-state index in [1.54, 1.807) is 0 Å². The molecular weight excluding hydrogens is 182 g/mol. The summed E-state index contributed by atoms with van der Waals surface area (Å²) in [5.41, 5.74) is 2.74. The Morgan fingerprint density at radius 3 is 2.00 bits per heavy atom. The van der Waals surface area contributed by atoms with Crippen molar-refractivity contribution in [3.05, 3.63) is 47.5 Å². The van der Waals surface area contributed by atoms with Gasteiger partial charge >= 0.3 is 0 Å². The molecule has 1 aromatic rings. The molecule has 0 N–H and O–H groups in total. The molecule has 1 nitrogen and oxygen atoms in total. The summed E-state index contributed by atoms with van der Waals surface area (Å²) in [5, 5.41) is 0. The fourth-order valence-corrected chi connectivity index (χ4v) is 1.25. The van der Waals surface area contributed by atoms with Crippen molar-refractivity contribution in [3.8, 4) is 0 Å². The molecule has 0 spiro atoms. The van der Waals surface area contributed by atoms with Crippen molar-refractivity contribution in [2.24, 2.45) is 10.9 Å². The van der Waals surface area contributed by atoms with Crippen molar-refractivity contribution >= 4 is 6.21 Å². The van der Waals surface area contributed by atoms with Gasteiger partial charge in [0.2, 0.25) is 0 Å². The van der Waals surface area contributed by atoms with E-state index in [4.69, 9.17) is 0 Å². The first kappa shape index (κ1) is 11.7. The lowest BCUT2D eigenvalue weighted by molar-refractivity contribution is 0.737. The number of nitrogens with zero attached hydrogens (tertiary/aromatic N) is 1. The third-order valence-corrected chi connectivity index (χ3v) is 2.45. The first-order valence-corrected chi connectivity index (χ1v) is 5.39. The van der Waals surface area contributed by atoms with Crippen molar-refractivity contribution in [3.63, 3.8) is 0 Å². The zero-order valence-electron chi connectivity index (χ0n) is 9.77. The Labute approximate surface area is 92.6 Å². The Morgan fingerprint density at radius 2 is 1.73 bits per heavy atom. The lowest BCUT2D eigenvalue weighted by atomic mass is 10.1. The molecule has 80 valence electrons. The number of hydrogen-bond donors (Lipinski definition) is 0. The van der Waals surface area contributed by atoms with Crippen LogP contribution in [-0.2, 0) is 0 Å². The molecule has 1 heteroatoms. The van der Waals surface area contributed by atoms with Crippen molar-refractivity contribution in [2.75, 3.05) is 6.54 Å². The zero-order chi connectivity index (χ0) is 11.1. The van der Waals surface area contributed by atoms with Crippen LogP contribution in [0.3, 0.4) is 0 Å². The van der Waals surface area contributed by atoms with Gasteiger partial charge in [-0.1, -0.05) is 37.3 Å². The molecule has 0 fully saturated rings. The molecule has 1 aromatic carbocycles. The van der Waals surface area contributed by atoms with E-state index < -0.39 is 0 Å². The van der Waals surface area contributed by atoms with Gasteiger partial charge in [0.1, 0.15) is 0 Å². The molecule has 0 saturated heterocycles. The third-order valence-electron chi connectivity index (χ3n) is 2.45. The van der Waals surface area contributed by atoms with Crippen LogP contribution in [0.2, 0.25) is 0 Å². The monoisotopic (exact) mass is 201 g/mol. The topological polar surface area (TPSA) is 12.4 Å². The minimum Gasteiger partial charge on any atom is -0.293 e. The summed E-state index contributed by atoms with van der Waals surface area (Å²) in [4.78, 5) is 4.05. The third kappa shape index (κ3) is 4.59. The molecule has 1 heterocycles. The predicted molar refractivity (Wildman–Crippen MR) is 67.6 cm³/mol. The molecule has 0 saturated carbocycles. The van der Waals surface area contributed by atoms with Gasteiger partial charge in [-0.15, -0.1) is 0 Å². The summed E-state index contributed by atoms with van der Waals surface area (Å²) in [6.45, 7) is 7.37. The Morgan fingerprint density at radius 1 is 1.13 bits per heavy atom. The Kier molecular flexibility index (Phi) is 4.82. The largest absolute Gasteiger partial charge is 0.293 e. The lowest BCUT2D eigenvalue weighted by Crippen LogP contribution is -1.97. The normalized spacial score (nSPS) is 18.2. The summed E-state index contributed by atoms with van der Waals surface area (Å²) < 4.78 is 0. The molecule has 0 bridgehead atoms. The standard InChI is InChI=1S/C8H10.C6H9N/c1-7-5-3-4-6-8(7)2;1-6-3-2-4-7-5-6/h3-6H,1-2H3;2-4,6H,5H2,1H3. The summed E-state index contributed by atoms with van der Waals surface area (Å²) in [7, 11) is 0. The first-order chi connectivity index (χ1) is 7.20. The Hall–Kier alpha value is -1.37. The van der Waals surface area contributed by atoms with E-state index in [9.17, 15) is 0 Å². The molecule has 2 rings (SSSR count). The summed E-state index contributed by atoms with van der Waals surface area (Å²) >= 11 is 0. The first-order valence-electron chi connectivity index (χ1n) is 5.39. The second-order valence-electron chi connectivity index (χ2n) is 3.96. The number of benzene rings is 1. The summed E-state index contributed by atoms with van der Waals surface area (Å²) in [6.07, 6.45) is 6.00. The maximum atomic E-state index is 4.05. The average molecular weight is 201 g/mol. The van der Waals surface area contributed by atoms with Crippen molar-refractivity contribution in [2.45, 2.75) is 20.8 Å². The molecule has 0 aromatic heterocycles. The molecule has 1 aliphatic heterocycles. The van der Waals surface area contributed by atoms with Crippen LogP contribution in [0.1, 0.15) is 18.1 Å². The molecular formula is C14H19N. The molecule has 1 unspecified atom stereocenters. The maximum absolute atomic E-state index is 4.05. The lowest BCUT2D eigenvalue weighted by Gasteiger charge is -2.01. The number of aliphatic imine (C=N–C) groups is 1. The van der Waals surface area contributed by atoms with Crippen LogP contribution in [0.4, 0.5) is 0 Å². The van der Waals surface area contributed by atoms with Crippen LogP contribution in [0, 0.1) is 19.8 Å². The molecule has 1 aliphatic rings. The van der Waals surface area contributed by atoms with Gasteiger partial charge in [0.25, 0.3) is 0 Å². The quantitative estimate of drug-likeness (QED) is 0.608. The number of allylic oxidation sites excluding steroid dienone is 1. The average Bonchev–Trinajstić information content (AvgIpc) is 2.25. The van der Waals surface area contributed by atoms with Crippen molar-refractivity contribution in [1.82, 2.24) is 0 Å². The van der Waals surface area contributed by atoms with E-state index in [-0.39, 0.29) is 0 Å². The Balaban J connectivity index is 0.000000151. The van der Waals surface area contributed by atoms with Gasteiger partial charge < -0.3 is 0 Å². The van der Waals surface area contributed by atoms with Crippen molar-refractivity contribution in [1.29, 1.82) is 0 Å². The SMILES string of the molecule is CC1C=CC=NC1.Cc1ccccc1C. The van der Waals surface area contributed by atoms with Gasteiger partial charge in [-0.05, 0) is 37.0 Å². The van der Waals surface area contributed by atoms with Gasteiger partial charge in [-0.25, -0.2) is 0 Å². The van der Waals surface area contributed by atoms with Gasteiger partial charge in [0.05, 0.1) is 0 Å². The highest BCUT2D eigenvalue weighted by Gasteiger charge is 1.94. The minimum atomic E-state index is 0.657. The van der Waals surface area contributed by atoms with Crippen LogP contribution in [-0.4, -0.2) is 12.8 Å². The number of hydrogen-bond acceptors (Lipinski definition) is 1. The summed E-state index contributed by atoms with van der Waals surface area (Å²) in [6, 6.07) is 8.36. The molecule has 0 radical (unpaired) electrons. The van der Waals surface area contributed by atoms with Crippen LogP contribution in [0.5, 0.6) is 0 Å². The second kappa shape index (κ2) is 6.18. The van der Waals surface area contributed by atoms with Gasteiger partial charge in [-0.2, -0.15) is 0 Å². The van der Waals surface area contributed by atoms with Gasteiger partial charge in [0, 0.05) is 12.8 Å². The smallest absolute Gasteiger partial charge is 0.0449 e. The van der Waals surface area contributed by atoms with Crippen LogP contribution < -0.4 is 0 Å². The highest BCUT2D eigenvalue weighted by atomic mass is 14.7. The highest BCUT2D eigenvalue weighted by molar-refractivity contribution is 5.71. The fraction of sp³-hybridized carbons (Fsp3) is 0.357. The van der Waals surface area contributed by atoms with E-state index in [1.165, 1.54) is 11.1 Å². The molecule has 0 aliphatic carbocycles. The predicted octanol–water partition coefficient (Wildman–Crippen LogP) is 3.57. The molecule has 15 heavy (non-hydrogen) atoms. The molecule has 1 atom stereocenters. The van der Waals surface area contributed by atoms with E-state index in [1.807, 2.05) is 12.3 Å². The van der Waals surface area contributed by atoms with Gasteiger partial charge in [0.15, 0.2) is 0 Å². The Bertz CT molecular complexity index is 329. The van der Waals surface area contributed by atoms with Crippen molar-refractivity contribution < 1.29 is 0 Å². The summed E-state index contributed by atoms with van der Waals surface area (Å²) in [5.74, 6) is 0.657. The maximum Gasteiger partial charge on any atom is 0.0449 e. The molecule has 0 amide bonds. The fourth-order valence-electron chi connectivity index (χ4n) is 1.25. The van der Waals surface area contributed by atoms with Crippen LogP contribution >= 0.6 is 0 Å². The van der Waals surface area contributed by atoms with Crippen LogP contribution in [0.25, 0.3) is 0 Å². The number of rotatable bonds is 0. The number of dihydropyridines is 1. The van der Waals surface area contributed by atoms with Gasteiger partial charge in [-0.3, -0.25) is 4.99 Å². The second-order valence-corrected chi connectivity index (χ2v) is 3.96. The zero-order valence-corrected chi connectivity index (χ0v) is 9.77.